The molecule has 0 bridgehead atoms. The summed E-state index contributed by atoms with van der Waals surface area (Å²) in [6, 6.07) is 3.52. The standard InChI is InChI=1S/C15H21N3O3/c1-18-9-10(8-17-18)7-12(16)11-5-6-13(19-2)15(21-4)14(11)20-3/h5-6,8-9,12H,7,16H2,1-4H3. The topological polar surface area (TPSA) is 71.5 Å². The number of hydrogen-bond donors (Lipinski definition) is 1. The molecule has 0 aliphatic rings. The van der Waals surface area contributed by atoms with Crippen LogP contribution in [-0.4, -0.2) is 31.1 Å². The van der Waals surface area contributed by atoms with Gasteiger partial charge in [-0.2, -0.15) is 5.10 Å². The van der Waals surface area contributed by atoms with E-state index in [0.717, 1.165) is 11.1 Å². The normalized spacial score (nSPS) is 12.0. The smallest absolute Gasteiger partial charge is 0.203 e. The first-order chi connectivity index (χ1) is 10.1. The molecule has 0 radical (unpaired) electrons. The Morgan fingerprint density at radius 1 is 1.14 bits per heavy atom. The summed E-state index contributed by atoms with van der Waals surface area (Å²) in [5, 5.41) is 4.15. The summed E-state index contributed by atoms with van der Waals surface area (Å²) in [4.78, 5) is 0. The highest BCUT2D eigenvalue weighted by Gasteiger charge is 2.20. The minimum atomic E-state index is -0.219. The number of ether oxygens (including phenoxy) is 3. The third-order valence-corrected chi connectivity index (χ3v) is 3.35. The SMILES string of the molecule is COc1ccc(C(N)Cc2cnn(C)c2)c(OC)c1OC. The number of benzene rings is 1. The summed E-state index contributed by atoms with van der Waals surface area (Å²) >= 11 is 0. The van der Waals surface area contributed by atoms with Crippen molar-refractivity contribution in [1.82, 2.24) is 9.78 Å². The maximum atomic E-state index is 6.31. The van der Waals surface area contributed by atoms with Gasteiger partial charge in [-0.15, -0.1) is 0 Å². The minimum absolute atomic E-state index is 0.219. The van der Waals surface area contributed by atoms with Crippen LogP contribution < -0.4 is 19.9 Å². The van der Waals surface area contributed by atoms with Crippen molar-refractivity contribution in [2.75, 3.05) is 21.3 Å². The summed E-state index contributed by atoms with van der Waals surface area (Å²) in [6.45, 7) is 0. The van der Waals surface area contributed by atoms with Gasteiger partial charge in [-0.05, 0) is 24.1 Å². The van der Waals surface area contributed by atoms with Crippen LogP contribution in [0.25, 0.3) is 0 Å². The molecule has 114 valence electrons. The van der Waals surface area contributed by atoms with Crippen molar-refractivity contribution in [2.24, 2.45) is 12.8 Å². The second-order valence-corrected chi connectivity index (χ2v) is 4.76. The second kappa shape index (κ2) is 6.49. The van der Waals surface area contributed by atoms with Gasteiger partial charge in [0.15, 0.2) is 11.5 Å². The summed E-state index contributed by atoms with van der Waals surface area (Å²) in [5.41, 5.74) is 8.26. The van der Waals surface area contributed by atoms with Gasteiger partial charge in [-0.1, -0.05) is 0 Å². The zero-order valence-electron chi connectivity index (χ0n) is 12.8. The zero-order chi connectivity index (χ0) is 15.4. The highest BCUT2D eigenvalue weighted by molar-refractivity contribution is 5.56. The first-order valence-corrected chi connectivity index (χ1v) is 6.62. The molecule has 1 unspecified atom stereocenters. The predicted molar refractivity (Wildman–Crippen MR) is 79.9 cm³/mol. The van der Waals surface area contributed by atoms with Gasteiger partial charge in [-0.3, -0.25) is 4.68 Å². The number of aryl methyl sites for hydroxylation is 1. The number of nitrogens with zero attached hydrogens (tertiary/aromatic N) is 2. The number of methoxy groups -OCH3 is 3. The average molecular weight is 291 g/mol. The van der Waals surface area contributed by atoms with E-state index in [2.05, 4.69) is 5.10 Å². The second-order valence-electron chi connectivity index (χ2n) is 4.76. The third-order valence-electron chi connectivity index (χ3n) is 3.35. The lowest BCUT2D eigenvalue weighted by Crippen LogP contribution is -2.15. The highest BCUT2D eigenvalue weighted by atomic mass is 16.5. The molecule has 2 rings (SSSR count). The first kappa shape index (κ1) is 15.2. The number of hydrogen-bond acceptors (Lipinski definition) is 5. The molecule has 6 heteroatoms. The van der Waals surface area contributed by atoms with Gasteiger partial charge in [-0.25, -0.2) is 0 Å². The van der Waals surface area contributed by atoms with Gasteiger partial charge in [0.05, 0.1) is 27.5 Å². The Kier molecular flexibility index (Phi) is 4.70. The van der Waals surface area contributed by atoms with E-state index in [0.29, 0.717) is 23.7 Å². The Hall–Kier alpha value is -2.21. The molecule has 6 nitrogen and oxygen atoms in total. The van der Waals surface area contributed by atoms with Gasteiger partial charge >= 0.3 is 0 Å². The van der Waals surface area contributed by atoms with E-state index in [1.54, 1.807) is 26.0 Å². The Morgan fingerprint density at radius 2 is 1.86 bits per heavy atom. The van der Waals surface area contributed by atoms with Gasteiger partial charge in [0.25, 0.3) is 0 Å². The van der Waals surface area contributed by atoms with Crippen molar-refractivity contribution >= 4 is 0 Å². The zero-order valence-corrected chi connectivity index (χ0v) is 12.8. The molecule has 1 aromatic heterocycles. The fraction of sp³-hybridized carbons (Fsp3) is 0.400. The molecule has 1 atom stereocenters. The largest absolute Gasteiger partial charge is 0.493 e. The first-order valence-electron chi connectivity index (χ1n) is 6.62. The molecular formula is C15H21N3O3. The number of aromatic nitrogens is 2. The van der Waals surface area contributed by atoms with E-state index in [9.17, 15) is 0 Å². The van der Waals surface area contributed by atoms with E-state index in [-0.39, 0.29) is 6.04 Å². The fourth-order valence-electron chi connectivity index (χ4n) is 2.36. The van der Waals surface area contributed by atoms with Crippen molar-refractivity contribution in [2.45, 2.75) is 12.5 Å². The van der Waals surface area contributed by atoms with Crippen LogP contribution in [0.1, 0.15) is 17.2 Å². The van der Waals surface area contributed by atoms with Crippen molar-refractivity contribution < 1.29 is 14.2 Å². The van der Waals surface area contributed by atoms with E-state index < -0.39 is 0 Å². The summed E-state index contributed by atoms with van der Waals surface area (Å²) < 4.78 is 17.9. The summed E-state index contributed by atoms with van der Waals surface area (Å²) in [5.74, 6) is 1.78. The maximum absolute atomic E-state index is 6.31. The minimum Gasteiger partial charge on any atom is -0.493 e. The van der Waals surface area contributed by atoms with Crippen LogP contribution in [0.15, 0.2) is 24.5 Å². The Morgan fingerprint density at radius 3 is 2.38 bits per heavy atom. The number of rotatable bonds is 6. The summed E-state index contributed by atoms with van der Waals surface area (Å²) in [6.07, 6.45) is 4.43. The van der Waals surface area contributed by atoms with Crippen LogP contribution in [0.3, 0.4) is 0 Å². The summed E-state index contributed by atoms with van der Waals surface area (Å²) in [7, 11) is 6.65. The molecule has 0 aliphatic heterocycles. The molecule has 0 aliphatic carbocycles. The molecule has 0 amide bonds. The van der Waals surface area contributed by atoms with Crippen molar-refractivity contribution in [3.8, 4) is 17.2 Å². The molecule has 0 spiro atoms. The van der Waals surface area contributed by atoms with Gasteiger partial charge in [0.1, 0.15) is 0 Å². The fourth-order valence-corrected chi connectivity index (χ4v) is 2.36. The van der Waals surface area contributed by atoms with Gasteiger partial charge < -0.3 is 19.9 Å². The van der Waals surface area contributed by atoms with Crippen LogP contribution in [-0.2, 0) is 13.5 Å². The monoisotopic (exact) mass is 291 g/mol. The molecule has 2 aromatic rings. The quantitative estimate of drug-likeness (QED) is 0.877. The molecule has 0 saturated heterocycles. The van der Waals surface area contributed by atoms with Gasteiger partial charge in [0.2, 0.25) is 5.75 Å². The molecule has 1 aromatic carbocycles. The Bertz CT molecular complexity index is 610. The average Bonchev–Trinajstić information content (AvgIpc) is 2.90. The Labute approximate surface area is 124 Å². The molecule has 21 heavy (non-hydrogen) atoms. The lowest BCUT2D eigenvalue weighted by atomic mass is 10.00. The lowest BCUT2D eigenvalue weighted by molar-refractivity contribution is 0.320. The molecule has 0 saturated carbocycles. The lowest BCUT2D eigenvalue weighted by Gasteiger charge is -2.19. The maximum Gasteiger partial charge on any atom is 0.203 e. The van der Waals surface area contributed by atoms with Crippen LogP contribution >= 0.6 is 0 Å². The van der Waals surface area contributed by atoms with Crippen molar-refractivity contribution in [3.05, 3.63) is 35.7 Å². The van der Waals surface area contributed by atoms with E-state index in [1.807, 2.05) is 31.6 Å². The highest BCUT2D eigenvalue weighted by Crippen LogP contribution is 2.42. The van der Waals surface area contributed by atoms with Crippen LogP contribution in [0.2, 0.25) is 0 Å². The van der Waals surface area contributed by atoms with Crippen molar-refractivity contribution in [1.29, 1.82) is 0 Å². The van der Waals surface area contributed by atoms with Crippen LogP contribution in [0.5, 0.6) is 17.2 Å². The van der Waals surface area contributed by atoms with Crippen molar-refractivity contribution in [3.63, 3.8) is 0 Å². The number of nitrogens with two attached hydrogens (primary N) is 1. The van der Waals surface area contributed by atoms with Gasteiger partial charge in [0, 0.05) is 24.8 Å². The molecule has 2 N–H and O–H groups in total. The molecular weight excluding hydrogens is 270 g/mol. The molecule has 1 heterocycles. The van der Waals surface area contributed by atoms with E-state index in [1.165, 1.54) is 0 Å². The van der Waals surface area contributed by atoms with Crippen LogP contribution in [0.4, 0.5) is 0 Å². The van der Waals surface area contributed by atoms with Crippen LogP contribution in [0, 0.1) is 0 Å². The van der Waals surface area contributed by atoms with E-state index >= 15 is 0 Å². The predicted octanol–water partition coefficient (Wildman–Crippen LogP) is 1.69. The molecule has 0 fully saturated rings. The van der Waals surface area contributed by atoms with E-state index in [4.69, 9.17) is 19.9 Å². The Balaban J connectivity index is 2.33. The third kappa shape index (κ3) is 3.11.